The van der Waals surface area contributed by atoms with Crippen LogP contribution in [0.5, 0.6) is 0 Å². The molecule has 0 fully saturated rings. The third kappa shape index (κ3) is 3.15. The molecule has 4 nitrogen and oxygen atoms in total. The molecule has 4 heteroatoms. The van der Waals surface area contributed by atoms with Gasteiger partial charge in [-0.05, 0) is 23.1 Å². The van der Waals surface area contributed by atoms with Gasteiger partial charge in [0.2, 0.25) is 0 Å². The van der Waals surface area contributed by atoms with Gasteiger partial charge in [-0.25, -0.2) is 9.13 Å². The van der Waals surface area contributed by atoms with E-state index in [0.717, 1.165) is 11.0 Å². The molecule has 3 aromatic rings. The summed E-state index contributed by atoms with van der Waals surface area (Å²) in [6.07, 6.45) is -0.471. The number of aliphatic hydroxyl groups is 1. The standard InChI is InChI=1S/C20H25N3O/c1-20(2,3)18(24)14-23-17-12-8-7-11-16(17)22(19(23)21)13-15-9-5-4-6-10-15/h4-12,18,21,24H,13-14H2,1-3H3/p+1. The maximum Gasteiger partial charge on any atom is 0.356 e. The highest BCUT2D eigenvalue weighted by atomic mass is 16.3. The summed E-state index contributed by atoms with van der Waals surface area (Å²) in [4.78, 5) is 0. The van der Waals surface area contributed by atoms with Gasteiger partial charge in [0.15, 0.2) is 0 Å². The van der Waals surface area contributed by atoms with Gasteiger partial charge in [0.25, 0.3) is 0 Å². The van der Waals surface area contributed by atoms with Crippen molar-refractivity contribution in [1.82, 2.24) is 4.57 Å². The zero-order valence-corrected chi connectivity index (χ0v) is 14.6. The van der Waals surface area contributed by atoms with Gasteiger partial charge in [-0.2, -0.15) is 0 Å². The van der Waals surface area contributed by atoms with Crippen molar-refractivity contribution in [3.63, 3.8) is 0 Å². The molecule has 24 heavy (non-hydrogen) atoms. The number of fused-ring (bicyclic) bond motifs is 1. The highest BCUT2D eigenvalue weighted by Gasteiger charge is 2.28. The molecule has 0 radical (unpaired) electrons. The first-order chi connectivity index (χ1) is 11.4. The monoisotopic (exact) mass is 324 g/mol. The second-order valence-corrected chi connectivity index (χ2v) is 7.41. The van der Waals surface area contributed by atoms with Crippen molar-refractivity contribution < 1.29 is 9.67 Å². The number of nitrogens with two attached hydrogens (primary N) is 1. The summed E-state index contributed by atoms with van der Waals surface area (Å²) in [6, 6.07) is 18.5. The minimum Gasteiger partial charge on any atom is -0.389 e. The first kappa shape index (κ1) is 16.5. The quantitative estimate of drug-likeness (QED) is 0.725. The van der Waals surface area contributed by atoms with E-state index in [1.165, 1.54) is 5.56 Å². The average molecular weight is 324 g/mol. The molecule has 0 saturated carbocycles. The fraction of sp³-hybridized carbons (Fsp3) is 0.350. The van der Waals surface area contributed by atoms with Crippen molar-refractivity contribution in [2.75, 3.05) is 5.73 Å². The molecule has 1 unspecified atom stereocenters. The Morgan fingerprint density at radius 2 is 1.67 bits per heavy atom. The molecule has 0 aliphatic heterocycles. The van der Waals surface area contributed by atoms with Crippen molar-refractivity contribution in [1.29, 1.82) is 0 Å². The minimum atomic E-state index is -0.471. The van der Waals surface area contributed by atoms with Crippen LogP contribution in [0.4, 0.5) is 5.95 Å². The van der Waals surface area contributed by atoms with Gasteiger partial charge in [-0.1, -0.05) is 63.2 Å². The summed E-state index contributed by atoms with van der Waals surface area (Å²) in [5.41, 5.74) is 9.61. The number of aromatic nitrogens is 2. The minimum absolute atomic E-state index is 0.192. The fourth-order valence-corrected chi connectivity index (χ4v) is 2.88. The van der Waals surface area contributed by atoms with Crippen LogP contribution in [0, 0.1) is 5.41 Å². The lowest BCUT2D eigenvalue weighted by molar-refractivity contribution is -0.648. The van der Waals surface area contributed by atoms with Crippen LogP contribution < -0.4 is 10.3 Å². The lowest BCUT2D eigenvalue weighted by Gasteiger charge is -2.24. The number of aliphatic hydroxyl groups excluding tert-OH is 1. The van der Waals surface area contributed by atoms with Gasteiger partial charge in [0.1, 0.15) is 11.0 Å². The van der Waals surface area contributed by atoms with Crippen molar-refractivity contribution in [2.24, 2.45) is 5.41 Å². The number of anilines is 1. The lowest BCUT2D eigenvalue weighted by atomic mass is 9.89. The molecule has 0 amide bonds. The number of hydrogen-bond acceptors (Lipinski definition) is 2. The van der Waals surface area contributed by atoms with Crippen LogP contribution in [0.1, 0.15) is 26.3 Å². The number of imidazole rings is 1. The number of hydrogen-bond donors (Lipinski definition) is 2. The number of nitrogen functional groups attached to an aromatic ring is 1. The summed E-state index contributed by atoms with van der Waals surface area (Å²) in [6.45, 7) is 7.32. The molecule has 3 N–H and O–H groups in total. The van der Waals surface area contributed by atoms with Crippen LogP contribution in [-0.4, -0.2) is 15.8 Å². The molecule has 0 aliphatic carbocycles. The molecule has 0 bridgehead atoms. The first-order valence-corrected chi connectivity index (χ1v) is 8.36. The van der Waals surface area contributed by atoms with E-state index < -0.39 is 6.10 Å². The number of para-hydroxylation sites is 2. The van der Waals surface area contributed by atoms with Crippen molar-refractivity contribution in [3.8, 4) is 0 Å². The van der Waals surface area contributed by atoms with Gasteiger partial charge in [-0.3, -0.25) is 5.73 Å². The van der Waals surface area contributed by atoms with Gasteiger partial charge < -0.3 is 5.11 Å². The van der Waals surface area contributed by atoms with Crippen LogP contribution in [0.15, 0.2) is 54.6 Å². The molecule has 1 heterocycles. The fourth-order valence-electron chi connectivity index (χ4n) is 2.88. The van der Waals surface area contributed by atoms with Crippen LogP contribution in [0.3, 0.4) is 0 Å². The first-order valence-electron chi connectivity index (χ1n) is 8.36. The van der Waals surface area contributed by atoms with Gasteiger partial charge in [0.05, 0.1) is 19.2 Å². The molecular weight excluding hydrogens is 298 g/mol. The van der Waals surface area contributed by atoms with E-state index >= 15 is 0 Å². The Morgan fingerprint density at radius 3 is 2.33 bits per heavy atom. The predicted molar refractivity (Wildman–Crippen MR) is 97.6 cm³/mol. The lowest BCUT2D eigenvalue weighted by Crippen LogP contribution is -2.38. The number of rotatable bonds is 4. The average Bonchev–Trinajstić information content (AvgIpc) is 2.81. The van der Waals surface area contributed by atoms with E-state index in [-0.39, 0.29) is 5.41 Å². The largest absolute Gasteiger partial charge is 0.389 e. The highest BCUT2D eigenvalue weighted by Crippen LogP contribution is 2.24. The van der Waals surface area contributed by atoms with Crippen molar-refractivity contribution >= 4 is 17.0 Å². The summed E-state index contributed by atoms with van der Waals surface area (Å²) >= 11 is 0. The molecule has 3 rings (SSSR count). The highest BCUT2D eigenvalue weighted by molar-refractivity contribution is 5.74. The Labute approximate surface area is 143 Å². The van der Waals surface area contributed by atoms with Gasteiger partial charge in [0, 0.05) is 0 Å². The third-order valence-electron chi connectivity index (χ3n) is 4.56. The van der Waals surface area contributed by atoms with E-state index in [1.807, 2.05) is 55.7 Å². The van der Waals surface area contributed by atoms with Crippen LogP contribution in [-0.2, 0) is 13.1 Å². The Hall–Kier alpha value is -2.33. The van der Waals surface area contributed by atoms with E-state index in [0.29, 0.717) is 19.0 Å². The smallest absolute Gasteiger partial charge is 0.356 e. The second-order valence-electron chi connectivity index (χ2n) is 7.41. The molecule has 0 aliphatic rings. The van der Waals surface area contributed by atoms with E-state index in [1.54, 1.807) is 0 Å². The summed E-state index contributed by atoms with van der Waals surface area (Å²) in [5.74, 6) is 0.670. The van der Waals surface area contributed by atoms with Gasteiger partial charge in [-0.15, -0.1) is 0 Å². The second kappa shape index (κ2) is 6.29. The summed E-state index contributed by atoms with van der Waals surface area (Å²) < 4.78 is 4.13. The predicted octanol–water partition coefficient (Wildman–Crippen LogP) is 2.97. The normalized spacial score (nSPS) is 13.3. The Morgan fingerprint density at radius 1 is 1.04 bits per heavy atom. The molecule has 0 spiro atoms. The summed E-state index contributed by atoms with van der Waals surface area (Å²) in [7, 11) is 0. The Kier molecular flexibility index (Phi) is 4.33. The maximum atomic E-state index is 10.5. The molecule has 0 saturated heterocycles. The van der Waals surface area contributed by atoms with Crippen molar-refractivity contribution in [3.05, 3.63) is 60.2 Å². The molecular formula is C20H26N3O+. The molecule has 1 aromatic heterocycles. The van der Waals surface area contributed by atoms with Gasteiger partial charge >= 0.3 is 5.95 Å². The Balaban J connectivity index is 2.06. The zero-order valence-electron chi connectivity index (χ0n) is 14.6. The molecule has 126 valence electrons. The third-order valence-corrected chi connectivity index (χ3v) is 4.56. The van der Waals surface area contributed by atoms with Crippen molar-refractivity contribution in [2.45, 2.75) is 40.0 Å². The van der Waals surface area contributed by atoms with Crippen LogP contribution in [0.25, 0.3) is 11.0 Å². The Bertz CT molecular complexity index is 831. The van der Waals surface area contributed by atoms with Crippen LogP contribution in [0.2, 0.25) is 0 Å². The van der Waals surface area contributed by atoms with E-state index in [4.69, 9.17) is 5.73 Å². The SMILES string of the molecule is CC(C)(C)C(O)Cn1c(N)[n+](Cc2ccccc2)c2ccccc21. The van der Waals surface area contributed by atoms with E-state index in [2.05, 4.69) is 28.8 Å². The molecule has 2 aromatic carbocycles. The summed E-state index contributed by atoms with van der Waals surface area (Å²) in [5, 5.41) is 10.5. The van der Waals surface area contributed by atoms with Crippen LogP contribution >= 0.6 is 0 Å². The zero-order chi connectivity index (χ0) is 17.3. The number of benzene rings is 2. The van der Waals surface area contributed by atoms with E-state index in [9.17, 15) is 5.11 Å². The topological polar surface area (TPSA) is 55.1 Å². The number of nitrogens with zero attached hydrogens (tertiary/aromatic N) is 2. The molecule has 1 atom stereocenters. The maximum absolute atomic E-state index is 10.5.